The molecule has 1 saturated heterocycles. The molecule has 0 bridgehead atoms. The van der Waals surface area contributed by atoms with Crippen molar-refractivity contribution in [3.8, 4) is 18.0 Å². The number of aromatic nitrogens is 3. The lowest BCUT2D eigenvalue weighted by molar-refractivity contribution is -0.138. The summed E-state index contributed by atoms with van der Waals surface area (Å²) >= 11 is 5.48. The monoisotopic (exact) mass is 550 g/mol. The van der Waals surface area contributed by atoms with Gasteiger partial charge in [0, 0.05) is 5.69 Å². The molecule has 4 rings (SSSR count). The van der Waals surface area contributed by atoms with Gasteiger partial charge in [-0.1, -0.05) is 0 Å². The second-order valence-electron chi connectivity index (χ2n) is 8.43. The molecule has 0 aliphatic carbocycles. The van der Waals surface area contributed by atoms with E-state index in [9.17, 15) is 18.0 Å². The third-order valence-electron chi connectivity index (χ3n) is 5.66. The van der Waals surface area contributed by atoms with Gasteiger partial charge in [0.25, 0.3) is 5.91 Å². The van der Waals surface area contributed by atoms with Crippen molar-refractivity contribution in [3.05, 3.63) is 41.5 Å². The number of hydrogen-bond acceptors (Lipinski definition) is 9. The van der Waals surface area contributed by atoms with E-state index in [-0.39, 0.29) is 52.5 Å². The number of nitrogens with zero attached hydrogens (tertiary/aromatic N) is 6. The summed E-state index contributed by atoms with van der Waals surface area (Å²) < 4.78 is 66.3. The first-order valence-corrected chi connectivity index (χ1v) is 11.2. The van der Waals surface area contributed by atoms with Gasteiger partial charge in [0.05, 0.1) is 36.6 Å². The van der Waals surface area contributed by atoms with Gasteiger partial charge in [0.1, 0.15) is 23.7 Å². The molecule has 0 unspecified atom stereocenters. The van der Waals surface area contributed by atoms with Crippen LogP contribution in [0.5, 0.6) is 11.9 Å². The van der Waals surface area contributed by atoms with E-state index in [0.29, 0.717) is 6.07 Å². The minimum absolute atomic E-state index is 0.0566. The molecule has 1 aliphatic heterocycles. The van der Waals surface area contributed by atoms with E-state index in [1.165, 1.54) is 38.0 Å². The van der Waals surface area contributed by atoms with Crippen molar-refractivity contribution < 1.29 is 36.9 Å². The molecule has 0 spiro atoms. The topological polar surface area (TPSA) is 125 Å². The summed E-state index contributed by atoms with van der Waals surface area (Å²) in [5.74, 6) is -1.68. The van der Waals surface area contributed by atoms with Gasteiger partial charge in [-0.2, -0.15) is 28.4 Å². The molecule has 0 radical (unpaired) electrons. The van der Waals surface area contributed by atoms with Crippen molar-refractivity contribution in [2.45, 2.75) is 25.6 Å². The van der Waals surface area contributed by atoms with Gasteiger partial charge in [0.15, 0.2) is 16.6 Å². The highest BCUT2D eigenvalue weighted by molar-refractivity contribution is 7.81. The number of amides is 1. The Bertz CT molecular complexity index is 1510. The van der Waals surface area contributed by atoms with Crippen LogP contribution < -0.4 is 19.3 Å². The Balaban J connectivity index is 1.86. The highest BCUT2D eigenvalue weighted by atomic mass is 32.1. The van der Waals surface area contributed by atoms with E-state index in [4.69, 9.17) is 32.1 Å². The highest BCUT2D eigenvalue weighted by Gasteiger charge is 2.51. The molecule has 1 amide bonds. The lowest BCUT2D eigenvalue weighted by Gasteiger charge is -2.29. The maximum Gasteiger partial charge on any atom is 0.419 e. The van der Waals surface area contributed by atoms with Crippen LogP contribution >= 0.6 is 12.2 Å². The molecule has 0 atom stereocenters. The zero-order chi connectivity index (χ0) is 28.0. The van der Waals surface area contributed by atoms with Gasteiger partial charge >= 0.3 is 12.2 Å². The number of nitriles is 1. The lowest BCUT2D eigenvalue weighted by atomic mass is 10.0. The Hall–Kier alpha value is -4.16. The Labute approximate surface area is 218 Å². The Morgan fingerprint density at radius 2 is 1.92 bits per heavy atom. The number of methoxy groups -OCH3 is 1. The van der Waals surface area contributed by atoms with Gasteiger partial charge < -0.3 is 19.5 Å². The zero-order valence-corrected chi connectivity index (χ0v) is 20.8. The summed E-state index contributed by atoms with van der Waals surface area (Å²) in [5.41, 5.74) is -4.12. The zero-order valence-electron chi connectivity index (χ0n) is 20.0. The molecule has 1 fully saturated rings. The molecule has 3 heterocycles. The molecular formula is C23H18F4N6O4S. The summed E-state index contributed by atoms with van der Waals surface area (Å²) in [6.45, 7) is 2.38. The quantitative estimate of drug-likeness (QED) is 0.361. The van der Waals surface area contributed by atoms with Gasteiger partial charge in [-0.15, -0.1) is 0 Å². The van der Waals surface area contributed by atoms with E-state index in [1.807, 2.05) is 0 Å². The Kier molecular flexibility index (Phi) is 6.80. The summed E-state index contributed by atoms with van der Waals surface area (Å²) in [6, 6.07) is 4.24. The normalized spacial score (nSPS) is 15.2. The number of ether oxygens (including phenoxy) is 2. The minimum atomic E-state index is -4.92. The number of fused-ring (bicyclic) bond motifs is 1. The second kappa shape index (κ2) is 9.62. The van der Waals surface area contributed by atoms with Crippen LogP contribution in [0.2, 0.25) is 0 Å². The summed E-state index contributed by atoms with van der Waals surface area (Å²) in [5, 5.41) is 18.0. The molecule has 3 aromatic rings. The van der Waals surface area contributed by atoms with Crippen LogP contribution in [0.4, 0.5) is 28.9 Å². The standard InChI is InChI=1S/C23H18F4N6O4S/c1-22(2)19(35)32(12-7-14(23(25,26)27)16(9-28)29-10-12)21(38)33(22)11-6-13-17(15(24)8-11)30-20(36-3)31-18(13)37-5-4-34/h6-8,10,34H,4-5H2,1-3H3. The molecule has 10 nitrogen and oxygen atoms in total. The second-order valence-corrected chi connectivity index (χ2v) is 8.79. The van der Waals surface area contributed by atoms with Crippen LogP contribution in [0, 0.1) is 17.1 Å². The number of anilines is 2. The van der Waals surface area contributed by atoms with Crippen LogP contribution in [-0.2, 0) is 11.0 Å². The Morgan fingerprint density at radius 3 is 2.53 bits per heavy atom. The number of thiocarbonyl (C=S) groups is 1. The number of aliphatic hydroxyl groups is 1. The molecule has 2 aromatic heterocycles. The summed E-state index contributed by atoms with van der Waals surface area (Å²) in [6.07, 6.45) is -3.99. The third kappa shape index (κ3) is 4.41. The average Bonchev–Trinajstić information content (AvgIpc) is 3.04. The molecule has 0 saturated carbocycles. The Morgan fingerprint density at radius 1 is 1.21 bits per heavy atom. The number of benzene rings is 1. The van der Waals surface area contributed by atoms with Gasteiger partial charge in [-0.3, -0.25) is 9.69 Å². The van der Waals surface area contributed by atoms with Gasteiger partial charge in [-0.25, -0.2) is 9.37 Å². The minimum Gasteiger partial charge on any atom is -0.475 e. The molecule has 1 aromatic carbocycles. The number of aliphatic hydroxyl groups excluding tert-OH is 1. The van der Waals surface area contributed by atoms with Crippen molar-refractivity contribution >= 4 is 45.5 Å². The number of carbonyl (C=O) groups excluding carboxylic acids is 1. The number of hydrogen-bond donors (Lipinski definition) is 1. The first-order valence-electron chi connectivity index (χ1n) is 10.8. The van der Waals surface area contributed by atoms with Crippen molar-refractivity contribution in [3.63, 3.8) is 0 Å². The van der Waals surface area contributed by atoms with E-state index in [2.05, 4.69) is 15.0 Å². The van der Waals surface area contributed by atoms with E-state index in [1.54, 1.807) is 0 Å². The predicted molar refractivity (Wildman–Crippen MR) is 129 cm³/mol. The van der Waals surface area contributed by atoms with Crippen molar-refractivity contribution in [1.82, 2.24) is 15.0 Å². The van der Waals surface area contributed by atoms with Crippen LogP contribution in [0.15, 0.2) is 24.4 Å². The fourth-order valence-electron chi connectivity index (χ4n) is 3.94. The van der Waals surface area contributed by atoms with Crippen molar-refractivity contribution in [2.24, 2.45) is 0 Å². The number of carbonyl (C=O) groups is 1. The summed E-state index contributed by atoms with van der Waals surface area (Å²) in [7, 11) is 1.27. The number of halogens is 4. The molecule has 1 N–H and O–H groups in total. The molecule has 38 heavy (non-hydrogen) atoms. The molecule has 198 valence electrons. The smallest absolute Gasteiger partial charge is 0.419 e. The van der Waals surface area contributed by atoms with Crippen LogP contribution in [-0.4, -0.2) is 56.9 Å². The average molecular weight is 550 g/mol. The SMILES string of the molecule is COc1nc(OCCO)c2cc(N3C(=S)N(c4cnc(C#N)c(C(F)(F)F)c4)C(=O)C3(C)C)cc(F)c2n1. The van der Waals surface area contributed by atoms with Crippen molar-refractivity contribution in [2.75, 3.05) is 30.1 Å². The maximum absolute atomic E-state index is 15.3. The third-order valence-corrected chi connectivity index (χ3v) is 6.03. The number of alkyl halides is 3. The first kappa shape index (κ1) is 26.9. The molecule has 1 aliphatic rings. The van der Waals surface area contributed by atoms with Gasteiger partial charge in [0.2, 0.25) is 5.88 Å². The van der Waals surface area contributed by atoms with Crippen LogP contribution in [0.3, 0.4) is 0 Å². The van der Waals surface area contributed by atoms with Crippen LogP contribution in [0.1, 0.15) is 25.1 Å². The van der Waals surface area contributed by atoms with Gasteiger partial charge in [-0.05, 0) is 44.3 Å². The summed E-state index contributed by atoms with van der Waals surface area (Å²) in [4.78, 5) is 27.1. The fourth-order valence-corrected chi connectivity index (χ4v) is 4.46. The number of pyridine rings is 1. The molecular weight excluding hydrogens is 532 g/mol. The fraction of sp³-hybridized carbons (Fsp3) is 0.304. The first-order chi connectivity index (χ1) is 17.8. The van der Waals surface area contributed by atoms with Crippen LogP contribution in [0.25, 0.3) is 10.9 Å². The lowest BCUT2D eigenvalue weighted by Crippen LogP contribution is -2.44. The molecule has 15 heteroatoms. The number of rotatable bonds is 6. The van der Waals surface area contributed by atoms with Crippen molar-refractivity contribution in [1.29, 1.82) is 5.26 Å². The van der Waals surface area contributed by atoms with E-state index < -0.39 is 34.7 Å². The maximum atomic E-state index is 15.3. The largest absolute Gasteiger partial charge is 0.475 e. The van der Waals surface area contributed by atoms with E-state index >= 15 is 4.39 Å². The highest BCUT2D eigenvalue weighted by Crippen LogP contribution is 2.41. The van der Waals surface area contributed by atoms with E-state index in [0.717, 1.165) is 17.2 Å². The predicted octanol–water partition coefficient (Wildman–Crippen LogP) is 3.35.